The molecule has 1 aliphatic heterocycles. The van der Waals surface area contributed by atoms with E-state index in [9.17, 15) is 8.42 Å². The van der Waals surface area contributed by atoms with Crippen LogP contribution < -0.4 is 5.73 Å². The largest absolute Gasteiger partial charge is 0.328 e. The van der Waals surface area contributed by atoms with Crippen LogP contribution >= 0.6 is 0 Å². The summed E-state index contributed by atoms with van der Waals surface area (Å²) in [5, 5.41) is 0. The monoisotopic (exact) mass is 289 g/mol. The van der Waals surface area contributed by atoms with Gasteiger partial charge in [0.1, 0.15) is 0 Å². The Bertz CT molecular complexity index is 383. The van der Waals surface area contributed by atoms with E-state index in [1.54, 1.807) is 15.7 Å². The van der Waals surface area contributed by atoms with E-state index >= 15 is 0 Å². The van der Waals surface area contributed by atoms with Crippen LogP contribution in [-0.4, -0.2) is 49.2 Å². The van der Waals surface area contributed by atoms with E-state index in [2.05, 4.69) is 6.92 Å². The Morgan fingerprint density at radius 3 is 2.11 bits per heavy atom. The molecule has 0 aromatic carbocycles. The standard InChI is InChI=1S/C13H27N3O2S/c1-11-7-9-16(10-8-11)19(17,18)15(2)13-5-3-12(14)4-6-13/h11-13H,3-10,14H2,1-2H3. The van der Waals surface area contributed by atoms with E-state index in [-0.39, 0.29) is 12.1 Å². The Hall–Kier alpha value is -0.170. The molecule has 0 unspecified atom stereocenters. The van der Waals surface area contributed by atoms with E-state index in [4.69, 9.17) is 5.73 Å². The molecule has 0 atom stereocenters. The van der Waals surface area contributed by atoms with Gasteiger partial charge in [0, 0.05) is 32.2 Å². The van der Waals surface area contributed by atoms with Crippen LogP contribution in [0.3, 0.4) is 0 Å². The summed E-state index contributed by atoms with van der Waals surface area (Å²) in [4.78, 5) is 0. The van der Waals surface area contributed by atoms with Crippen molar-refractivity contribution in [3.05, 3.63) is 0 Å². The lowest BCUT2D eigenvalue weighted by molar-refractivity contribution is 0.229. The Labute approximate surface area is 117 Å². The number of nitrogens with two attached hydrogens (primary N) is 1. The Morgan fingerprint density at radius 2 is 1.58 bits per heavy atom. The van der Waals surface area contributed by atoms with E-state index < -0.39 is 10.2 Å². The molecule has 2 rings (SSSR count). The van der Waals surface area contributed by atoms with E-state index in [1.165, 1.54) is 0 Å². The maximum atomic E-state index is 12.6. The fourth-order valence-electron chi connectivity index (χ4n) is 3.05. The first-order valence-electron chi connectivity index (χ1n) is 7.40. The van der Waals surface area contributed by atoms with Crippen molar-refractivity contribution in [2.75, 3.05) is 20.1 Å². The molecule has 1 saturated carbocycles. The first-order chi connectivity index (χ1) is 8.91. The summed E-state index contributed by atoms with van der Waals surface area (Å²) in [6.45, 7) is 3.52. The zero-order valence-corrected chi connectivity index (χ0v) is 12.9. The molecule has 19 heavy (non-hydrogen) atoms. The lowest BCUT2D eigenvalue weighted by atomic mass is 9.92. The minimum atomic E-state index is -3.28. The van der Waals surface area contributed by atoms with E-state index in [1.807, 2.05) is 0 Å². The molecule has 1 aliphatic carbocycles. The lowest BCUT2D eigenvalue weighted by Gasteiger charge is -2.37. The highest BCUT2D eigenvalue weighted by atomic mass is 32.2. The van der Waals surface area contributed by atoms with Crippen molar-refractivity contribution in [3.8, 4) is 0 Å². The maximum absolute atomic E-state index is 12.6. The summed E-state index contributed by atoms with van der Waals surface area (Å²) in [7, 11) is -1.55. The fourth-order valence-corrected chi connectivity index (χ4v) is 4.68. The van der Waals surface area contributed by atoms with Gasteiger partial charge in [0.2, 0.25) is 0 Å². The molecule has 5 nitrogen and oxygen atoms in total. The number of nitrogens with zero attached hydrogens (tertiary/aromatic N) is 2. The molecule has 0 radical (unpaired) electrons. The number of piperidine rings is 1. The molecule has 0 aromatic rings. The first-order valence-corrected chi connectivity index (χ1v) is 8.79. The van der Waals surface area contributed by atoms with Gasteiger partial charge in [0.05, 0.1) is 0 Å². The van der Waals surface area contributed by atoms with Crippen LogP contribution in [0.2, 0.25) is 0 Å². The SMILES string of the molecule is CC1CCN(S(=O)(=O)N(C)C2CCC(N)CC2)CC1. The van der Waals surface area contributed by atoms with Crippen LogP contribution in [0.5, 0.6) is 0 Å². The zero-order chi connectivity index (χ0) is 14.0. The summed E-state index contributed by atoms with van der Waals surface area (Å²) in [5.41, 5.74) is 5.89. The molecule has 112 valence electrons. The molecule has 1 heterocycles. The highest BCUT2D eigenvalue weighted by molar-refractivity contribution is 7.86. The topological polar surface area (TPSA) is 66.6 Å². The molecule has 2 fully saturated rings. The van der Waals surface area contributed by atoms with Crippen molar-refractivity contribution < 1.29 is 8.42 Å². The van der Waals surface area contributed by atoms with Gasteiger partial charge in [0.25, 0.3) is 10.2 Å². The van der Waals surface area contributed by atoms with Gasteiger partial charge in [-0.05, 0) is 44.4 Å². The third-order valence-electron chi connectivity index (χ3n) is 4.69. The van der Waals surface area contributed by atoms with Crippen LogP contribution in [0.25, 0.3) is 0 Å². The number of hydrogen-bond acceptors (Lipinski definition) is 3. The second-order valence-electron chi connectivity index (χ2n) is 6.17. The predicted octanol–water partition coefficient (Wildman–Crippen LogP) is 1.16. The summed E-state index contributed by atoms with van der Waals surface area (Å²) in [6.07, 6.45) is 5.59. The molecule has 0 aromatic heterocycles. The molecule has 0 bridgehead atoms. The van der Waals surface area contributed by atoms with Crippen molar-refractivity contribution in [1.29, 1.82) is 0 Å². The second-order valence-corrected chi connectivity index (χ2v) is 8.16. The Kier molecular flexibility index (Phi) is 4.87. The summed E-state index contributed by atoms with van der Waals surface area (Å²) < 4.78 is 28.4. The Morgan fingerprint density at radius 1 is 1.05 bits per heavy atom. The molecule has 2 N–H and O–H groups in total. The summed E-state index contributed by atoms with van der Waals surface area (Å²) in [6, 6.07) is 0.382. The summed E-state index contributed by atoms with van der Waals surface area (Å²) in [5.74, 6) is 0.643. The third kappa shape index (κ3) is 3.48. The first kappa shape index (κ1) is 15.2. The van der Waals surface area contributed by atoms with Crippen molar-refractivity contribution in [2.24, 2.45) is 11.7 Å². The van der Waals surface area contributed by atoms with Gasteiger partial charge in [-0.1, -0.05) is 6.92 Å². The average molecular weight is 289 g/mol. The average Bonchev–Trinajstić information content (AvgIpc) is 2.39. The summed E-state index contributed by atoms with van der Waals surface area (Å²) >= 11 is 0. The van der Waals surface area contributed by atoms with Gasteiger partial charge in [-0.25, -0.2) is 0 Å². The van der Waals surface area contributed by atoms with Gasteiger partial charge >= 0.3 is 0 Å². The zero-order valence-electron chi connectivity index (χ0n) is 12.1. The highest BCUT2D eigenvalue weighted by Gasteiger charge is 2.35. The van der Waals surface area contributed by atoms with Gasteiger partial charge in [-0.2, -0.15) is 17.0 Å². The van der Waals surface area contributed by atoms with Gasteiger partial charge < -0.3 is 5.73 Å². The third-order valence-corrected chi connectivity index (χ3v) is 6.73. The van der Waals surface area contributed by atoms with Crippen molar-refractivity contribution in [1.82, 2.24) is 8.61 Å². The molecule has 0 amide bonds. The molecular weight excluding hydrogens is 262 g/mol. The van der Waals surface area contributed by atoms with Crippen molar-refractivity contribution in [3.63, 3.8) is 0 Å². The molecule has 2 aliphatic rings. The molecular formula is C13H27N3O2S. The van der Waals surface area contributed by atoms with Crippen molar-refractivity contribution >= 4 is 10.2 Å². The van der Waals surface area contributed by atoms with Gasteiger partial charge in [-0.15, -0.1) is 0 Å². The normalized spacial score (nSPS) is 31.8. The minimum Gasteiger partial charge on any atom is -0.328 e. The van der Waals surface area contributed by atoms with Gasteiger partial charge in [0.15, 0.2) is 0 Å². The second kappa shape index (κ2) is 6.08. The highest BCUT2D eigenvalue weighted by Crippen LogP contribution is 2.26. The van der Waals surface area contributed by atoms with Gasteiger partial charge in [-0.3, -0.25) is 0 Å². The fraction of sp³-hybridized carbons (Fsp3) is 1.00. The minimum absolute atomic E-state index is 0.129. The molecule has 6 heteroatoms. The number of hydrogen-bond donors (Lipinski definition) is 1. The molecule has 0 spiro atoms. The van der Waals surface area contributed by atoms with Crippen LogP contribution in [0.15, 0.2) is 0 Å². The van der Waals surface area contributed by atoms with E-state index in [0.29, 0.717) is 19.0 Å². The van der Waals surface area contributed by atoms with E-state index in [0.717, 1.165) is 38.5 Å². The quantitative estimate of drug-likeness (QED) is 0.848. The van der Waals surface area contributed by atoms with Crippen LogP contribution in [-0.2, 0) is 10.2 Å². The van der Waals surface area contributed by atoms with Crippen LogP contribution in [0.4, 0.5) is 0 Å². The predicted molar refractivity (Wildman–Crippen MR) is 76.9 cm³/mol. The van der Waals surface area contributed by atoms with Crippen LogP contribution in [0.1, 0.15) is 45.4 Å². The number of rotatable bonds is 3. The Balaban J connectivity index is 1.98. The lowest BCUT2D eigenvalue weighted by Crippen LogP contribution is -2.50. The van der Waals surface area contributed by atoms with Crippen LogP contribution in [0, 0.1) is 5.92 Å². The van der Waals surface area contributed by atoms with Crippen molar-refractivity contribution in [2.45, 2.75) is 57.5 Å². The maximum Gasteiger partial charge on any atom is 0.281 e. The smallest absolute Gasteiger partial charge is 0.281 e. The molecule has 1 saturated heterocycles.